The molecule has 0 fully saturated rings. The van der Waals surface area contributed by atoms with Gasteiger partial charge in [-0.25, -0.2) is 4.98 Å². The molecule has 12 heavy (non-hydrogen) atoms. The van der Waals surface area contributed by atoms with Crippen LogP contribution in [0.3, 0.4) is 0 Å². The van der Waals surface area contributed by atoms with E-state index in [0.717, 1.165) is 19.4 Å². The second-order valence-electron chi connectivity index (χ2n) is 2.90. The van der Waals surface area contributed by atoms with Gasteiger partial charge in [0.25, 0.3) is 0 Å². The summed E-state index contributed by atoms with van der Waals surface area (Å²) >= 11 is 1.82. The lowest BCUT2D eigenvalue weighted by molar-refractivity contribution is 0.900. The zero-order chi connectivity index (χ0) is 8.97. The number of nitrogens with two attached hydrogens (primary N) is 1. The predicted molar refractivity (Wildman–Crippen MR) is 53.6 cm³/mol. The Morgan fingerprint density at radius 1 is 1.42 bits per heavy atom. The maximum Gasteiger partial charge on any atom is 0.0930 e. The lowest BCUT2D eigenvalue weighted by Crippen LogP contribution is -2.01. The summed E-state index contributed by atoms with van der Waals surface area (Å²) in [5.41, 5.74) is 6.67. The minimum Gasteiger partial charge on any atom is -0.330 e. The lowest BCUT2D eigenvalue weighted by atomic mass is 10.3. The molecule has 0 radical (unpaired) electrons. The highest BCUT2D eigenvalue weighted by molar-refractivity contribution is 7.11. The summed E-state index contributed by atoms with van der Waals surface area (Å²) in [6, 6.07) is 0. The summed E-state index contributed by atoms with van der Waals surface area (Å²) in [5, 5.41) is 1.26. The van der Waals surface area contributed by atoms with E-state index in [-0.39, 0.29) is 0 Å². The van der Waals surface area contributed by atoms with Gasteiger partial charge in [-0.1, -0.05) is 6.92 Å². The van der Waals surface area contributed by atoms with Gasteiger partial charge in [0, 0.05) is 4.88 Å². The van der Waals surface area contributed by atoms with Gasteiger partial charge in [-0.15, -0.1) is 11.3 Å². The van der Waals surface area contributed by atoms with E-state index in [1.807, 2.05) is 11.3 Å². The molecule has 0 aromatic carbocycles. The van der Waals surface area contributed by atoms with Crippen molar-refractivity contribution < 1.29 is 0 Å². The number of rotatable bonds is 4. The summed E-state index contributed by atoms with van der Waals surface area (Å²) in [4.78, 5) is 5.84. The Hall–Kier alpha value is -0.410. The van der Waals surface area contributed by atoms with Gasteiger partial charge in [0.1, 0.15) is 0 Å². The molecule has 1 rings (SSSR count). The fraction of sp³-hybridized carbons (Fsp3) is 0.667. The van der Waals surface area contributed by atoms with E-state index < -0.39 is 0 Å². The van der Waals surface area contributed by atoms with Gasteiger partial charge in [0.2, 0.25) is 0 Å². The Morgan fingerprint density at radius 3 is 2.75 bits per heavy atom. The molecule has 3 heteroatoms. The van der Waals surface area contributed by atoms with Crippen molar-refractivity contribution in [1.29, 1.82) is 0 Å². The van der Waals surface area contributed by atoms with E-state index in [9.17, 15) is 0 Å². The fourth-order valence-corrected chi connectivity index (χ4v) is 2.36. The number of hydrogen-bond acceptors (Lipinski definition) is 3. The van der Waals surface area contributed by atoms with E-state index in [1.165, 1.54) is 22.0 Å². The molecule has 0 unspecified atom stereocenters. The zero-order valence-electron chi connectivity index (χ0n) is 7.76. The van der Waals surface area contributed by atoms with Crippen molar-refractivity contribution in [2.45, 2.75) is 33.1 Å². The van der Waals surface area contributed by atoms with Gasteiger partial charge in [0.15, 0.2) is 0 Å². The molecule has 1 heterocycles. The first-order chi connectivity index (χ1) is 5.77. The highest BCUT2D eigenvalue weighted by Gasteiger charge is 2.05. The standard InChI is InChI=1S/C9H16N2S/c1-3-4-9-11-7(2)8(12-9)5-6-10/h3-6,10H2,1-2H3. The van der Waals surface area contributed by atoms with Gasteiger partial charge in [-0.3, -0.25) is 0 Å². The van der Waals surface area contributed by atoms with Gasteiger partial charge < -0.3 is 5.73 Å². The molecule has 1 aromatic rings. The molecule has 0 amide bonds. The van der Waals surface area contributed by atoms with E-state index in [0.29, 0.717) is 0 Å². The maximum atomic E-state index is 5.49. The lowest BCUT2D eigenvalue weighted by Gasteiger charge is -1.91. The third-order valence-electron chi connectivity index (χ3n) is 1.77. The van der Waals surface area contributed by atoms with Crippen LogP contribution in [0.2, 0.25) is 0 Å². The van der Waals surface area contributed by atoms with E-state index in [4.69, 9.17) is 5.73 Å². The molecule has 2 nitrogen and oxygen atoms in total. The van der Waals surface area contributed by atoms with Gasteiger partial charge in [0.05, 0.1) is 10.7 Å². The number of thiazole rings is 1. The van der Waals surface area contributed by atoms with E-state index in [2.05, 4.69) is 18.8 Å². The van der Waals surface area contributed by atoms with Crippen molar-refractivity contribution in [3.05, 3.63) is 15.6 Å². The Kier molecular flexibility index (Phi) is 3.69. The Bertz CT molecular complexity index is 243. The van der Waals surface area contributed by atoms with Crippen LogP contribution >= 0.6 is 11.3 Å². The van der Waals surface area contributed by atoms with Crippen LogP contribution in [0.4, 0.5) is 0 Å². The second kappa shape index (κ2) is 4.58. The average molecular weight is 184 g/mol. The number of aryl methyl sites for hydroxylation is 2. The Morgan fingerprint density at radius 2 is 2.17 bits per heavy atom. The van der Waals surface area contributed by atoms with Crippen molar-refractivity contribution in [3.63, 3.8) is 0 Å². The highest BCUT2D eigenvalue weighted by Crippen LogP contribution is 2.19. The zero-order valence-corrected chi connectivity index (χ0v) is 8.58. The van der Waals surface area contributed by atoms with Crippen LogP contribution in [0, 0.1) is 6.92 Å². The van der Waals surface area contributed by atoms with Crippen LogP contribution in [0.5, 0.6) is 0 Å². The van der Waals surface area contributed by atoms with Crippen molar-refractivity contribution in [2.75, 3.05) is 6.54 Å². The van der Waals surface area contributed by atoms with Crippen LogP contribution in [-0.2, 0) is 12.8 Å². The van der Waals surface area contributed by atoms with E-state index in [1.54, 1.807) is 0 Å². The number of nitrogens with zero attached hydrogens (tertiary/aromatic N) is 1. The first kappa shape index (κ1) is 9.68. The molecule has 0 aliphatic rings. The molecular weight excluding hydrogens is 168 g/mol. The molecular formula is C9H16N2S. The SMILES string of the molecule is CCCc1nc(C)c(CCN)s1. The molecule has 0 bridgehead atoms. The third-order valence-corrected chi connectivity index (χ3v) is 3.05. The largest absolute Gasteiger partial charge is 0.330 e. The molecule has 1 aromatic heterocycles. The molecule has 0 atom stereocenters. The minimum absolute atomic E-state index is 0.731. The Balaban J connectivity index is 2.70. The van der Waals surface area contributed by atoms with Crippen LogP contribution in [-0.4, -0.2) is 11.5 Å². The smallest absolute Gasteiger partial charge is 0.0930 e. The van der Waals surface area contributed by atoms with Gasteiger partial charge >= 0.3 is 0 Å². The predicted octanol–water partition coefficient (Wildman–Crippen LogP) is 1.91. The third kappa shape index (κ3) is 2.29. The van der Waals surface area contributed by atoms with Gasteiger partial charge in [-0.05, 0) is 32.7 Å². The molecule has 0 saturated heterocycles. The Labute approximate surface area is 77.8 Å². The summed E-state index contributed by atoms with van der Waals surface area (Å²) < 4.78 is 0. The van der Waals surface area contributed by atoms with Crippen molar-refractivity contribution in [1.82, 2.24) is 4.98 Å². The first-order valence-electron chi connectivity index (χ1n) is 4.43. The summed E-state index contributed by atoms with van der Waals surface area (Å²) in [5.74, 6) is 0. The van der Waals surface area contributed by atoms with Crippen LogP contribution in [0.25, 0.3) is 0 Å². The quantitative estimate of drug-likeness (QED) is 0.776. The molecule has 68 valence electrons. The van der Waals surface area contributed by atoms with Crippen molar-refractivity contribution in [2.24, 2.45) is 5.73 Å². The first-order valence-corrected chi connectivity index (χ1v) is 5.24. The van der Waals surface area contributed by atoms with Crippen molar-refractivity contribution >= 4 is 11.3 Å². The number of aromatic nitrogens is 1. The average Bonchev–Trinajstić information content (AvgIpc) is 2.34. The normalized spacial score (nSPS) is 10.6. The summed E-state index contributed by atoms with van der Waals surface area (Å²) in [6.07, 6.45) is 3.26. The maximum absolute atomic E-state index is 5.49. The van der Waals surface area contributed by atoms with Crippen LogP contribution in [0.15, 0.2) is 0 Å². The monoisotopic (exact) mass is 184 g/mol. The van der Waals surface area contributed by atoms with E-state index >= 15 is 0 Å². The number of hydrogen-bond donors (Lipinski definition) is 1. The summed E-state index contributed by atoms with van der Waals surface area (Å²) in [6.45, 7) is 4.98. The highest BCUT2D eigenvalue weighted by atomic mass is 32.1. The molecule has 2 N–H and O–H groups in total. The molecule has 0 saturated carbocycles. The molecule has 0 aliphatic carbocycles. The minimum atomic E-state index is 0.731. The van der Waals surface area contributed by atoms with Crippen LogP contribution < -0.4 is 5.73 Å². The molecule has 0 aliphatic heterocycles. The summed E-state index contributed by atoms with van der Waals surface area (Å²) in [7, 11) is 0. The van der Waals surface area contributed by atoms with Crippen molar-refractivity contribution in [3.8, 4) is 0 Å². The van der Waals surface area contributed by atoms with Gasteiger partial charge in [-0.2, -0.15) is 0 Å². The van der Waals surface area contributed by atoms with Crippen LogP contribution in [0.1, 0.15) is 28.9 Å². The fourth-order valence-electron chi connectivity index (χ4n) is 1.17. The molecule has 0 spiro atoms. The topological polar surface area (TPSA) is 38.9 Å². The second-order valence-corrected chi connectivity index (χ2v) is 4.07.